The smallest absolute Gasteiger partial charge is 0.165 e. The average Bonchev–Trinajstić information content (AvgIpc) is 2.49. The van der Waals surface area contributed by atoms with Crippen molar-refractivity contribution in [2.24, 2.45) is 5.73 Å². The molecule has 3 aromatic rings. The van der Waals surface area contributed by atoms with E-state index in [4.69, 9.17) is 17.3 Å². The quantitative estimate of drug-likeness (QED) is 0.755. The van der Waals surface area contributed by atoms with Crippen LogP contribution in [0.2, 0.25) is 5.02 Å². The van der Waals surface area contributed by atoms with E-state index in [-0.39, 0.29) is 5.75 Å². The summed E-state index contributed by atoms with van der Waals surface area (Å²) in [5, 5.41) is 11.5. The van der Waals surface area contributed by atoms with Gasteiger partial charge in [0.15, 0.2) is 11.6 Å². The van der Waals surface area contributed by atoms with Gasteiger partial charge in [-0.2, -0.15) is 0 Å². The molecule has 1 aromatic heterocycles. The molecule has 1 heterocycles. The number of hydrogen-bond donors (Lipinski definition) is 2. The van der Waals surface area contributed by atoms with Gasteiger partial charge in [-0.05, 0) is 23.8 Å². The number of aromatic hydroxyl groups is 1. The summed E-state index contributed by atoms with van der Waals surface area (Å²) in [6.07, 6.45) is 1.63. The molecule has 0 fully saturated rings. The molecule has 0 amide bonds. The van der Waals surface area contributed by atoms with Gasteiger partial charge < -0.3 is 10.8 Å². The van der Waals surface area contributed by atoms with Gasteiger partial charge in [-0.3, -0.25) is 4.98 Å². The summed E-state index contributed by atoms with van der Waals surface area (Å²) in [5.74, 6) is -1.07. The predicted molar refractivity (Wildman–Crippen MR) is 81.7 cm³/mol. The third-order valence-corrected chi connectivity index (χ3v) is 3.71. The lowest BCUT2D eigenvalue weighted by Gasteiger charge is -2.11. The number of rotatable bonds is 2. The highest BCUT2D eigenvalue weighted by atomic mass is 35.5. The number of pyridine rings is 1. The maximum Gasteiger partial charge on any atom is 0.165 e. The van der Waals surface area contributed by atoms with E-state index >= 15 is 0 Å². The third-order valence-electron chi connectivity index (χ3n) is 3.40. The molecule has 2 aromatic carbocycles. The van der Waals surface area contributed by atoms with E-state index < -0.39 is 5.82 Å². The number of nitrogens with zero attached hydrogens (tertiary/aromatic N) is 1. The number of nitrogens with two attached hydrogens (primary N) is 1. The Morgan fingerprint density at radius 1 is 1.24 bits per heavy atom. The van der Waals surface area contributed by atoms with Crippen molar-refractivity contribution >= 4 is 22.4 Å². The van der Waals surface area contributed by atoms with Crippen molar-refractivity contribution in [2.45, 2.75) is 6.54 Å². The second-order valence-corrected chi connectivity index (χ2v) is 5.06. The van der Waals surface area contributed by atoms with Gasteiger partial charge in [-0.1, -0.05) is 29.8 Å². The molecule has 0 saturated carbocycles. The predicted octanol–water partition coefficient (Wildman–Crippen LogP) is 3.86. The van der Waals surface area contributed by atoms with Gasteiger partial charge in [0.05, 0.1) is 5.69 Å². The van der Waals surface area contributed by atoms with Crippen LogP contribution in [0.3, 0.4) is 0 Å². The molecule has 0 bridgehead atoms. The van der Waals surface area contributed by atoms with Gasteiger partial charge in [0.25, 0.3) is 0 Å². The first-order valence-corrected chi connectivity index (χ1v) is 6.74. The van der Waals surface area contributed by atoms with Crippen molar-refractivity contribution in [3.63, 3.8) is 0 Å². The van der Waals surface area contributed by atoms with E-state index in [9.17, 15) is 9.50 Å². The van der Waals surface area contributed by atoms with E-state index in [0.717, 1.165) is 16.5 Å². The van der Waals surface area contributed by atoms with Crippen LogP contribution in [-0.2, 0) is 6.54 Å². The highest BCUT2D eigenvalue weighted by molar-refractivity contribution is 6.36. The molecule has 0 unspecified atom stereocenters. The highest BCUT2D eigenvalue weighted by Gasteiger charge is 2.12. The third kappa shape index (κ3) is 2.33. The molecular formula is C16H12ClFN2O. The summed E-state index contributed by atoms with van der Waals surface area (Å²) >= 11 is 6.30. The molecule has 3 rings (SSSR count). The maximum absolute atomic E-state index is 13.6. The van der Waals surface area contributed by atoms with Crippen molar-refractivity contribution in [1.82, 2.24) is 4.98 Å². The van der Waals surface area contributed by atoms with Crippen LogP contribution in [0.25, 0.3) is 21.9 Å². The summed E-state index contributed by atoms with van der Waals surface area (Å²) in [7, 11) is 0. The Morgan fingerprint density at radius 3 is 2.76 bits per heavy atom. The lowest BCUT2D eigenvalue weighted by atomic mass is 9.99. The van der Waals surface area contributed by atoms with Crippen LogP contribution in [0.1, 0.15) is 5.69 Å². The number of benzene rings is 2. The molecule has 3 N–H and O–H groups in total. The highest BCUT2D eigenvalue weighted by Crippen LogP contribution is 2.35. The largest absolute Gasteiger partial charge is 0.505 e. The average molecular weight is 303 g/mol. The van der Waals surface area contributed by atoms with E-state index in [2.05, 4.69) is 4.98 Å². The topological polar surface area (TPSA) is 59.1 Å². The monoisotopic (exact) mass is 302 g/mol. The summed E-state index contributed by atoms with van der Waals surface area (Å²) in [5.41, 5.74) is 7.73. The second kappa shape index (κ2) is 5.31. The SMILES string of the molecule is NCc1ncc(-c2ccc(O)c(F)c2)c2c(Cl)cccc12. The summed E-state index contributed by atoms with van der Waals surface area (Å²) < 4.78 is 13.6. The van der Waals surface area contributed by atoms with Crippen LogP contribution in [0.5, 0.6) is 5.75 Å². The number of aromatic nitrogens is 1. The number of phenolic OH excluding ortho intramolecular Hbond substituents is 1. The Balaban J connectivity index is 2.35. The molecular weight excluding hydrogens is 291 g/mol. The number of halogens is 2. The first kappa shape index (κ1) is 13.8. The molecule has 5 heteroatoms. The fourth-order valence-corrected chi connectivity index (χ4v) is 2.65. The van der Waals surface area contributed by atoms with Crippen LogP contribution in [-0.4, -0.2) is 10.1 Å². The van der Waals surface area contributed by atoms with E-state index in [1.807, 2.05) is 12.1 Å². The molecule has 0 aliphatic carbocycles. The minimum atomic E-state index is -0.685. The molecule has 0 aliphatic rings. The van der Waals surface area contributed by atoms with Gasteiger partial charge in [-0.25, -0.2) is 4.39 Å². The van der Waals surface area contributed by atoms with E-state index in [1.165, 1.54) is 12.1 Å². The van der Waals surface area contributed by atoms with Crippen LogP contribution in [0.4, 0.5) is 4.39 Å². The maximum atomic E-state index is 13.6. The van der Waals surface area contributed by atoms with E-state index in [1.54, 1.807) is 18.3 Å². The van der Waals surface area contributed by atoms with Crippen LogP contribution < -0.4 is 5.73 Å². The lowest BCUT2D eigenvalue weighted by Crippen LogP contribution is -2.01. The lowest BCUT2D eigenvalue weighted by molar-refractivity contribution is 0.432. The number of phenols is 1. The van der Waals surface area contributed by atoms with Gasteiger partial charge in [0.1, 0.15) is 0 Å². The summed E-state index contributed by atoms with van der Waals surface area (Å²) in [6.45, 7) is 0.293. The van der Waals surface area contributed by atoms with Crippen molar-refractivity contribution < 1.29 is 9.50 Å². The first-order valence-electron chi connectivity index (χ1n) is 6.37. The first-order chi connectivity index (χ1) is 10.1. The zero-order valence-electron chi connectivity index (χ0n) is 11.0. The Morgan fingerprint density at radius 2 is 2.05 bits per heavy atom. The van der Waals surface area contributed by atoms with E-state index in [0.29, 0.717) is 22.7 Å². The Kier molecular flexibility index (Phi) is 3.49. The van der Waals surface area contributed by atoms with Crippen molar-refractivity contribution in [2.75, 3.05) is 0 Å². The number of hydrogen-bond acceptors (Lipinski definition) is 3. The van der Waals surface area contributed by atoms with Crippen LogP contribution in [0, 0.1) is 5.82 Å². The van der Waals surface area contributed by atoms with Crippen molar-refractivity contribution in [1.29, 1.82) is 0 Å². The molecule has 3 nitrogen and oxygen atoms in total. The van der Waals surface area contributed by atoms with Gasteiger partial charge in [-0.15, -0.1) is 0 Å². The Labute approximate surface area is 125 Å². The standard InChI is InChI=1S/C16H12ClFN2O/c17-12-3-1-2-10-14(7-19)20-8-11(16(10)12)9-4-5-15(21)13(18)6-9/h1-6,8,21H,7,19H2. The fraction of sp³-hybridized carbons (Fsp3) is 0.0625. The van der Waals surface area contributed by atoms with Crippen molar-refractivity contribution in [3.8, 4) is 16.9 Å². The zero-order valence-corrected chi connectivity index (χ0v) is 11.7. The second-order valence-electron chi connectivity index (χ2n) is 4.65. The molecule has 0 spiro atoms. The molecule has 106 valence electrons. The van der Waals surface area contributed by atoms with Crippen LogP contribution >= 0.6 is 11.6 Å². The molecule has 0 saturated heterocycles. The Bertz CT molecular complexity index is 836. The summed E-state index contributed by atoms with van der Waals surface area (Å²) in [4.78, 5) is 4.33. The zero-order chi connectivity index (χ0) is 15.0. The molecule has 0 radical (unpaired) electrons. The Hall–Kier alpha value is -2.17. The minimum Gasteiger partial charge on any atom is -0.505 e. The molecule has 21 heavy (non-hydrogen) atoms. The van der Waals surface area contributed by atoms with Crippen LogP contribution in [0.15, 0.2) is 42.6 Å². The van der Waals surface area contributed by atoms with Crippen molar-refractivity contribution in [3.05, 3.63) is 59.1 Å². The van der Waals surface area contributed by atoms with Gasteiger partial charge >= 0.3 is 0 Å². The minimum absolute atomic E-state index is 0.293. The van der Waals surface area contributed by atoms with Gasteiger partial charge in [0, 0.05) is 34.1 Å². The number of fused-ring (bicyclic) bond motifs is 1. The molecule has 0 atom stereocenters. The van der Waals surface area contributed by atoms with Gasteiger partial charge in [0.2, 0.25) is 0 Å². The molecule has 0 aliphatic heterocycles. The fourth-order valence-electron chi connectivity index (χ4n) is 2.37. The normalized spacial score (nSPS) is 11.0. The summed E-state index contributed by atoms with van der Waals surface area (Å²) in [6, 6.07) is 9.68.